The molecule has 0 atom stereocenters. The second-order valence-corrected chi connectivity index (χ2v) is 5.17. The fraction of sp³-hybridized carbons (Fsp3) is 0.250. The Hall–Kier alpha value is -2.96. The van der Waals surface area contributed by atoms with Crippen LogP contribution in [0.5, 0.6) is 5.75 Å². The quantitative estimate of drug-likeness (QED) is 0.728. The molecular formula is C16H17N5O2. The average Bonchev–Trinajstić information content (AvgIpc) is 2.91. The molecule has 0 spiro atoms. The molecule has 0 radical (unpaired) electrons. The molecule has 2 aromatic heterocycles. The van der Waals surface area contributed by atoms with Crippen molar-refractivity contribution < 1.29 is 4.74 Å². The van der Waals surface area contributed by atoms with E-state index in [0.717, 1.165) is 11.3 Å². The first-order chi connectivity index (χ1) is 11.1. The topological polar surface area (TPSA) is 74.8 Å². The molecule has 118 valence electrons. The number of ether oxygens (including phenoxy) is 1. The molecule has 23 heavy (non-hydrogen) atoms. The number of benzene rings is 1. The molecule has 0 amide bonds. The molecule has 0 saturated heterocycles. The van der Waals surface area contributed by atoms with Gasteiger partial charge < -0.3 is 4.74 Å². The maximum atomic E-state index is 11.5. The smallest absolute Gasteiger partial charge is 0.266 e. The van der Waals surface area contributed by atoms with E-state index in [1.807, 2.05) is 31.2 Å². The number of nitrogens with zero attached hydrogens (tertiary/aromatic N) is 5. The van der Waals surface area contributed by atoms with Gasteiger partial charge in [-0.05, 0) is 30.7 Å². The summed E-state index contributed by atoms with van der Waals surface area (Å²) in [5, 5.41) is 8.67. The number of methoxy groups -OCH3 is 1. The highest BCUT2D eigenvalue weighted by Gasteiger charge is 2.12. The standard InChI is InChI=1S/C16H17N5O2/c1-11-17-16(14-8-9-15(22)20(2)19-14)21(18-11)10-12-4-6-13(23-3)7-5-12/h4-9H,10H2,1-3H3. The van der Waals surface area contributed by atoms with Crippen LogP contribution < -0.4 is 10.3 Å². The molecule has 3 aromatic rings. The summed E-state index contributed by atoms with van der Waals surface area (Å²) in [5.74, 6) is 2.10. The molecule has 7 heteroatoms. The van der Waals surface area contributed by atoms with Gasteiger partial charge in [-0.2, -0.15) is 10.2 Å². The van der Waals surface area contributed by atoms with Crippen LogP contribution in [0.4, 0.5) is 0 Å². The third-order valence-electron chi connectivity index (χ3n) is 3.46. The van der Waals surface area contributed by atoms with E-state index in [0.29, 0.717) is 23.9 Å². The molecule has 0 aliphatic carbocycles. The van der Waals surface area contributed by atoms with Crippen molar-refractivity contribution >= 4 is 0 Å². The van der Waals surface area contributed by atoms with Crippen LogP contribution in [-0.2, 0) is 13.6 Å². The van der Waals surface area contributed by atoms with E-state index < -0.39 is 0 Å². The van der Waals surface area contributed by atoms with Gasteiger partial charge in [-0.25, -0.2) is 14.3 Å². The second kappa shape index (κ2) is 6.04. The summed E-state index contributed by atoms with van der Waals surface area (Å²) in [6, 6.07) is 10.9. The van der Waals surface area contributed by atoms with Crippen LogP contribution in [0.15, 0.2) is 41.2 Å². The van der Waals surface area contributed by atoms with Crippen molar-refractivity contribution in [2.24, 2.45) is 7.05 Å². The minimum Gasteiger partial charge on any atom is -0.497 e. The first-order valence-corrected chi connectivity index (χ1v) is 7.16. The predicted molar refractivity (Wildman–Crippen MR) is 85.3 cm³/mol. The maximum Gasteiger partial charge on any atom is 0.266 e. The van der Waals surface area contributed by atoms with Gasteiger partial charge in [0.05, 0.1) is 13.7 Å². The molecule has 7 nitrogen and oxygen atoms in total. The Kier molecular flexibility index (Phi) is 3.92. The van der Waals surface area contributed by atoms with Gasteiger partial charge in [0.1, 0.15) is 17.3 Å². The molecule has 3 rings (SSSR count). The Morgan fingerprint density at radius 2 is 1.83 bits per heavy atom. The number of rotatable bonds is 4. The summed E-state index contributed by atoms with van der Waals surface area (Å²) in [4.78, 5) is 15.9. The first kappa shape index (κ1) is 15.0. The lowest BCUT2D eigenvalue weighted by molar-refractivity contribution is 0.414. The van der Waals surface area contributed by atoms with E-state index in [1.165, 1.54) is 10.7 Å². The minimum atomic E-state index is -0.160. The number of hydrogen-bond acceptors (Lipinski definition) is 5. The van der Waals surface area contributed by atoms with E-state index in [-0.39, 0.29) is 5.56 Å². The largest absolute Gasteiger partial charge is 0.497 e. The lowest BCUT2D eigenvalue weighted by atomic mass is 10.2. The van der Waals surface area contributed by atoms with Crippen molar-refractivity contribution in [3.63, 3.8) is 0 Å². The summed E-state index contributed by atoms with van der Waals surface area (Å²) in [6.07, 6.45) is 0. The Labute approximate surface area is 133 Å². The summed E-state index contributed by atoms with van der Waals surface area (Å²) >= 11 is 0. The van der Waals surface area contributed by atoms with Crippen LogP contribution in [0.2, 0.25) is 0 Å². The molecule has 0 N–H and O–H groups in total. The number of aromatic nitrogens is 5. The van der Waals surface area contributed by atoms with Gasteiger partial charge in [0.25, 0.3) is 5.56 Å². The summed E-state index contributed by atoms with van der Waals surface area (Å²) in [5.41, 5.74) is 1.52. The van der Waals surface area contributed by atoms with Crippen LogP contribution in [0.3, 0.4) is 0 Å². The third kappa shape index (κ3) is 3.13. The van der Waals surface area contributed by atoms with E-state index in [9.17, 15) is 4.79 Å². The highest BCUT2D eigenvalue weighted by atomic mass is 16.5. The van der Waals surface area contributed by atoms with Crippen molar-refractivity contribution in [2.45, 2.75) is 13.5 Å². The summed E-state index contributed by atoms with van der Waals surface area (Å²) < 4.78 is 8.23. The Balaban J connectivity index is 1.96. The van der Waals surface area contributed by atoms with Crippen molar-refractivity contribution in [1.29, 1.82) is 0 Å². The second-order valence-electron chi connectivity index (χ2n) is 5.17. The zero-order valence-corrected chi connectivity index (χ0v) is 13.2. The zero-order valence-electron chi connectivity index (χ0n) is 13.2. The van der Waals surface area contributed by atoms with Crippen molar-refractivity contribution in [1.82, 2.24) is 24.5 Å². The monoisotopic (exact) mass is 311 g/mol. The van der Waals surface area contributed by atoms with Crippen LogP contribution >= 0.6 is 0 Å². The van der Waals surface area contributed by atoms with E-state index in [2.05, 4.69) is 15.2 Å². The van der Waals surface area contributed by atoms with Crippen LogP contribution in [0, 0.1) is 6.92 Å². The highest BCUT2D eigenvalue weighted by Crippen LogP contribution is 2.17. The van der Waals surface area contributed by atoms with Gasteiger partial charge in [-0.1, -0.05) is 12.1 Å². The van der Waals surface area contributed by atoms with E-state index in [4.69, 9.17) is 4.74 Å². The SMILES string of the molecule is COc1ccc(Cn2nc(C)nc2-c2ccc(=O)n(C)n2)cc1. The van der Waals surface area contributed by atoms with Crippen molar-refractivity contribution in [3.05, 3.63) is 58.1 Å². The molecule has 0 aliphatic heterocycles. The third-order valence-corrected chi connectivity index (χ3v) is 3.46. The fourth-order valence-electron chi connectivity index (χ4n) is 2.28. The molecule has 0 aliphatic rings. The fourth-order valence-corrected chi connectivity index (χ4v) is 2.28. The summed E-state index contributed by atoms with van der Waals surface area (Å²) in [6.45, 7) is 2.39. The van der Waals surface area contributed by atoms with Gasteiger partial charge in [-0.3, -0.25) is 4.79 Å². The minimum absolute atomic E-state index is 0.160. The van der Waals surface area contributed by atoms with Gasteiger partial charge >= 0.3 is 0 Å². The Morgan fingerprint density at radius 1 is 1.09 bits per heavy atom. The normalized spacial score (nSPS) is 10.7. The molecular weight excluding hydrogens is 294 g/mol. The number of hydrogen-bond donors (Lipinski definition) is 0. The van der Waals surface area contributed by atoms with Crippen LogP contribution in [0.25, 0.3) is 11.5 Å². The maximum absolute atomic E-state index is 11.5. The van der Waals surface area contributed by atoms with Crippen molar-refractivity contribution in [2.75, 3.05) is 7.11 Å². The Bertz CT molecular complexity index is 880. The molecule has 1 aromatic carbocycles. The van der Waals surface area contributed by atoms with Gasteiger partial charge in [-0.15, -0.1) is 0 Å². The molecule has 2 heterocycles. The number of aryl methyl sites for hydroxylation is 2. The molecule has 0 unspecified atom stereocenters. The zero-order chi connectivity index (χ0) is 16.4. The lowest BCUT2D eigenvalue weighted by Gasteiger charge is -2.07. The molecule has 0 bridgehead atoms. The lowest BCUT2D eigenvalue weighted by Crippen LogP contribution is -2.19. The van der Waals surface area contributed by atoms with Gasteiger partial charge in [0, 0.05) is 13.1 Å². The first-order valence-electron chi connectivity index (χ1n) is 7.16. The van der Waals surface area contributed by atoms with E-state index >= 15 is 0 Å². The highest BCUT2D eigenvalue weighted by molar-refractivity contribution is 5.48. The summed E-state index contributed by atoms with van der Waals surface area (Å²) in [7, 11) is 3.25. The Morgan fingerprint density at radius 3 is 2.48 bits per heavy atom. The van der Waals surface area contributed by atoms with Gasteiger partial charge in [0.2, 0.25) is 0 Å². The van der Waals surface area contributed by atoms with Crippen LogP contribution in [-0.4, -0.2) is 31.7 Å². The van der Waals surface area contributed by atoms with E-state index in [1.54, 1.807) is 24.9 Å². The average molecular weight is 311 g/mol. The molecule has 0 fully saturated rings. The molecule has 0 saturated carbocycles. The predicted octanol–water partition coefficient (Wildman–Crippen LogP) is 1.40. The van der Waals surface area contributed by atoms with Crippen LogP contribution in [0.1, 0.15) is 11.4 Å². The van der Waals surface area contributed by atoms with Crippen molar-refractivity contribution in [3.8, 4) is 17.3 Å². The van der Waals surface area contributed by atoms with Gasteiger partial charge in [0.15, 0.2) is 5.82 Å².